The number of ketones is 2. The van der Waals surface area contributed by atoms with Crippen molar-refractivity contribution in [2.75, 3.05) is 37.8 Å². The minimum atomic E-state index is -2.67. The lowest BCUT2D eigenvalue weighted by Crippen LogP contribution is -2.65. The van der Waals surface area contributed by atoms with Gasteiger partial charge in [-0.05, 0) is 57.3 Å². The van der Waals surface area contributed by atoms with E-state index in [1.165, 1.54) is 4.90 Å². The molecule has 0 bridgehead atoms. The molecule has 4 atom stereocenters. The molecular weight excluding hydrogens is 504 g/mol. The largest absolute Gasteiger partial charge is 0.508 e. The minimum absolute atomic E-state index is 0.0129. The first kappa shape index (κ1) is 28.4. The third kappa shape index (κ3) is 4.15. The predicted octanol–water partition coefficient (Wildman–Crippen LogP) is 1.56. The van der Waals surface area contributed by atoms with Crippen molar-refractivity contribution in [3.63, 3.8) is 0 Å². The smallest absolute Gasteiger partial charge is 0.255 e. The van der Waals surface area contributed by atoms with E-state index in [0.29, 0.717) is 12.1 Å². The fraction of sp³-hybridized carbons (Fsp3) is 0.536. The van der Waals surface area contributed by atoms with Crippen LogP contribution in [0.25, 0.3) is 5.76 Å². The molecule has 39 heavy (non-hydrogen) atoms. The predicted molar refractivity (Wildman–Crippen MR) is 146 cm³/mol. The molecule has 0 saturated heterocycles. The first-order valence-corrected chi connectivity index (χ1v) is 13.4. The van der Waals surface area contributed by atoms with E-state index in [1.807, 2.05) is 6.92 Å². The Hall–Kier alpha value is -3.57. The van der Waals surface area contributed by atoms with Crippen molar-refractivity contribution < 1.29 is 34.8 Å². The number of aliphatic hydroxyl groups is 3. The van der Waals surface area contributed by atoms with Gasteiger partial charge in [0, 0.05) is 30.3 Å². The van der Waals surface area contributed by atoms with Crippen LogP contribution >= 0.6 is 0 Å². The number of primary amides is 1. The van der Waals surface area contributed by atoms with E-state index in [2.05, 4.69) is 11.8 Å². The van der Waals surface area contributed by atoms with Gasteiger partial charge in [0.25, 0.3) is 5.91 Å². The van der Waals surface area contributed by atoms with Crippen LogP contribution in [0.2, 0.25) is 0 Å². The summed E-state index contributed by atoms with van der Waals surface area (Å²) in [4.78, 5) is 43.0. The summed E-state index contributed by atoms with van der Waals surface area (Å²) in [5, 5.41) is 45.1. The number of carbonyl (C=O) groups is 3. The van der Waals surface area contributed by atoms with Gasteiger partial charge in [-0.15, -0.1) is 0 Å². The van der Waals surface area contributed by atoms with Gasteiger partial charge in [-0.25, -0.2) is 0 Å². The number of rotatable bonds is 8. The molecule has 1 aromatic carbocycles. The molecule has 3 aliphatic carbocycles. The van der Waals surface area contributed by atoms with Crippen LogP contribution in [0.1, 0.15) is 50.7 Å². The highest BCUT2D eigenvalue weighted by Gasteiger charge is 2.64. The first-order valence-electron chi connectivity index (χ1n) is 13.4. The number of hydrogen-bond acceptors (Lipinski definition) is 10. The molecule has 11 heteroatoms. The summed E-state index contributed by atoms with van der Waals surface area (Å²) >= 11 is 0. The number of unbranched alkanes of at least 4 members (excludes halogenated alkanes) is 1. The van der Waals surface area contributed by atoms with Gasteiger partial charge in [-0.1, -0.05) is 20.3 Å². The van der Waals surface area contributed by atoms with Crippen molar-refractivity contribution in [2.45, 2.75) is 57.6 Å². The zero-order valence-electron chi connectivity index (χ0n) is 22.8. The van der Waals surface area contributed by atoms with Crippen LogP contribution in [0.3, 0.4) is 0 Å². The number of aliphatic hydroxyl groups excluding tert-OH is 2. The number of anilines is 2. The van der Waals surface area contributed by atoms with Crippen molar-refractivity contribution in [3.8, 4) is 5.75 Å². The van der Waals surface area contributed by atoms with Crippen molar-refractivity contribution in [1.29, 1.82) is 0 Å². The lowest BCUT2D eigenvalue weighted by molar-refractivity contribution is -0.153. The maximum Gasteiger partial charge on any atom is 0.255 e. The van der Waals surface area contributed by atoms with Crippen LogP contribution in [0.4, 0.5) is 11.4 Å². The molecule has 0 spiro atoms. The third-order valence-electron chi connectivity index (χ3n) is 8.34. The van der Waals surface area contributed by atoms with E-state index < -0.39 is 58.0 Å². The van der Waals surface area contributed by atoms with Crippen LogP contribution in [0.15, 0.2) is 23.0 Å². The summed E-state index contributed by atoms with van der Waals surface area (Å²) in [5.74, 6) is -6.86. The SMILES string of the molecule is CCCCN(CCC)c1cc(N)c(O)c2c1CC1CC3[C@H](N(C)C)C(=O)C(C(N)=O)=C(O)[C@@]3(O)C(=O)C1=C2O. The maximum absolute atomic E-state index is 14.0. The number of Topliss-reactive ketones (excluding diaryl/α,β-unsaturated/α-hetero) is 2. The summed E-state index contributed by atoms with van der Waals surface area (Å²) in [6.45, 7) is 5.58. The van der Waals surface area contributed by atoms with E-state index in [-0.39, 0.29) is 35.4 Å². The molecule has 0 radical (unpaired) electrons. The molecule has 1 amide bonds. The van der Waals surface area contributed by atoms with Crippen molar-refractivity contribution >= 4 is 34.6 Å². The van der Waals surface area contributed by atoms with E-state index in [4.69, 9.17) is 11.5 Å². The molecule has 11 nitrogen and oxygen atoms in total. The number of carbonyl (C=O) groups excluding carboxylic acids is 3. The van der Waals surface area contributed by atoms with Gasteiger partial charge < -0.3 is 36.8 Å². The Morgan fingerprint density at radius 3 is 2.36 bits per heavy atom. The standard InChI is InChI=1S/C28H38N4O7/c1-5-7-9-32(8-6-2)17-12-16(29)22(33)19-14(17)10-13-11-15-21(31(3)4)24(35)20(27(30)38)26(37)28(15,39)25(36)18(13)23(19)34/h12-13,15,21,33-34,37,39H,5-11,29H2,1-4H3,(H2,30,38)/t13?,15?,21-,28-/m0/s1. The normalized spacial score (nSPS) is 26.5. The Kier molecular flexibility index (Phi) is 7.44. The number of phenols is 1. The maximum atomic E-state index is 14.0. The van der Waals surface area contributed by atoms with Crippen molar-refractivity contribution in [3.05, 3.63) is 34.1 Å². The number of hydrogen-bond donors (Lipinski definition) is 6. The summed E-state index contributed by atoms with van der Waals surface area (Å²) in [7, 11) is 3.14. The molecule has 1 aromatic rings. The number of phenolic OH excluding ortho intramolecular Hbond substituents is 1. The Labute approximate surface area is 227 Å². The third-order valence-corrected chi connectivity index (χ3v) is 8.34. The van der Waals surface area contributed by atoms with E-state index in [0.717, 1.165) is 31.5 Å². The van der Waals surface area contributed by atoms with Gasteiger partial charge in [0.1, 0.15) is 22.8 Å². The van der Waals surface area contributed by atoms with Gasteiger partial charge in [0.05, 0.1) is 17.3 Å². The molecule has 1 fully saturated rings. The average Bonchev–Trinajstić information content (AvgIpc) is 2.85. The van der Waals surface area contributed by atoms with E-state index in [9.17, 15) is 34.8 Å². The molecule has 2 unspecified atom stereocenters. The fourth-order valence-electron chi connectivity index (χ4n) is 6.57. The second-order valence-corrected chi connectivity index (χ2v) is 11.0. The molecular formula is C28H38N4O7. The summed E-state index contributed by atoms with van der Waals surface area (Å²) in [5.41, 5.74) is 9.24. The Morgan fingerprint density at radius 1 is 1.13 bits per heavy atom. The minimum Gasteiger partial charge on any atom is -0.508 e. The molecule has 3 aliphatic rings. The highest BCUT2D eigenvalue weighted by atomic mass is 16.3. The topological polar surface area (TPSA) is 191 Å². The van der Waals surface area contributed by atoms with Crippen molar-refractivity contribution in [1.82, 2.24) is 4.90 Å². The molecule has 1 saturated carbocycles. The highest BCUT2D eigenvalue weighted by Crippen LogP contribution is 2.54. The average molecular weight is 543 g/mol. The summed E-state index contributed by atoms with van der Waals surface area (Å²) in [6, 6.07) is 0.557. The Bertz CT molecular complexity index is 1300. The van der Waals surface area contributed by atoms with E-state index in [1.54, 1.807) is 20.2 Å². The number of nitrogen functional groups attached to an aromatic ring is 1. The number of nitrogens with zero attached hydrogens (tertiary/aromatic N) is 2. The van der Waals surface area contributed by atoms with Crippen LogP contribution in [0, 0.1) is 11.8 Å². The molecule has 212 valence electrons. The lowest BCUT2D eigenvalue weighted by atomic mass is 9.57. The lowest BCUT2D eigenvalue weighted by Gasteiger charge is -2.50. The van der Waals surface area contributed by atoms with Crippen LogP contribution in [0.5, 0.6) is 5.75 Å². The van der Waals surface area contributed by atoms with Crippen LogP contribution in [-0.2, 0) is 20.8 Å². The number of amides is 1. The first-order chi connectivity index (χ1) is 18.3. The molecule has 4 rings (SSSR count). The fourth-order valence-corrected chi connectivity index (χ4v) is 6.57. The molecule has 0 heterocycles. The van der Waals surface area contributed by atoms with Gasteiger partial charge in [0.2, 0.25) is 5.78 Å². The number of nitrogens with two attached hydrogens (primary N) is 2. The van der Waals surface area contributed by atoms with Gasteiger partial charge in [-0.2, -0.15) is 0 Å². The van der Waals surface area contributed by atoms with E-state index >= 15 is 0 Å². The number of aromatic hydroxyl groups is 1. The number of fused-ring (bicyclic) bond motifs is 3. The number of benzene rings is 1. The summed E-state index contributed by atoms with van der Waals surface area (Å²) < 4.78 is 0. The Morgan fingerprint density at radius 2 is 1.79 bits per heavy atom. The quantitative estimate of drug-likeness (QED) is 0.160. The van der Waals surface area contributed by atoms with Gasteiger partial charge in [0.15, 0.2) is 11.4 Å². The molecule has 8 N–H and O–H groups in total. The summed E-state index contributed by atoms with van der Waals surface area (Å²) in [6.07, 6.45) is 3.00. The second-order valence-electron chi connectivity index (χ2n) is 11.0. The second kappa shape index (κ2) is 10.2. The Balaban J connectivity index is 1.96. The van der Waals surface area contributed by atoms with Crippen LogP contribution in [-0.4, -0.2) is 81.6 Å². The van der Waals surface area contributed by atoms with Crippen LogP contribution < -0.4 is 16.4 Å². The highest BCUT2D eigenvalue weighted by molar-refractivity contribution is 6.24. The van der Waals surface area contributed by atoms with Crippen molar-refractivity contribution in [2.24, 2.45) is 17.6 Å². The van der Waals surface area contributed by atoms with Gasteiger partial charge >= 0.3 is 0 Å². The zero-order valence-corrected chi connectivity index (χ0v) is 22.8. The molecule has 0 aromatic heterocycles. The molecule has 0 aliphatic heterocycles. The number of likely N-dealkylation sites (N-methyl/N-ethyl adjacent to an activating group) is 1. The van der Waals surface area contributed by atoms with Gasteiger partial charge in [-0.3, -0.25) is 19.3 Å². The monoisotopic (exact) mass is 542 g/mol. The zero-order chi connectivity index (χ0) is 29.0.